The lowest BCUT2D eigenvalue weighted by Gasteiger charge is -2.13. The van der Waals surface area contributed by atoms with Crippen molar-refractivity contribution in [1.82, 2.24) is 15.5 Å². The van der Waals surface area contributed by atoms with Gasteiger partial charge < -0.3 is 10.6 Å². The summed E-state index contributed by atoms with van der Waals surface area (Å²) in [6, 6.07) is 18.3. The van der Waals surface area contributed by atoms with E-state index < -0.39 is 6.04 Å². The fourth-order valence-electron chi connectivity index (χ4n) is 3.03. The molecule has 27 heavy (non-hydrogen) atoms. The Labute approximate surface area is 158 Å². The Morgan fingerprint density at radius 1 is 0.963 bits per heavy atom. The molecule has 0 saturated carbocycles. The van der Waals surface area contributed by atoms with Crippen LogP contribution in [0.3, 0.4) is 0 Å². The highest BCUT2D eigenvalue weighted by Gasteiger charge is 2.37. The van der Waals surface area contributed by atoms with Gasteiger partial charge in [0.1, 0.15) is 6.04 Å². The van der Waals surface area contributed by atoms with E-state index in [9.17, 15) is 14.4 Å². The number of nitrogens with zero attached hydrogens (tertiary/aromatic N) is 1. The third-order valence-electron chi connectivity index (χ3n) is 4.57. The third kappa shape index (κ3) is 5.17. The molecule has 1 saturated heterocycles. The van der Waals surface area contributed by atoms with Crippen molar-refractivity contribution in [2.24, 2.45) is 0 Å². The fourth-order valence-corrected chi connectivity index (χ4v) is 3.03. The van der Waals surface area contributed by atoms with Crippen LogP contribution in [0.15, 0.2) is 60.7 Å². The van der Waals surface area contributed by atoms with E-state index in [1.165, 1.54) is 4.90 Å². The lowest BCUT2D eigenvalue weighted by Crippen LogP contribution is -2.33. The van der Waals surface area contributed by atoms with Crippen LogP contribution in [0.1, 0.15) is 24.0 Å². The SMILES string of the molecule is O=C(CCC1NC(=O)N(CCc2ccccc2)C1=O)NCc1ccccc1. The van der Waals surface area contributed by atoms with Crippen molar-refractivity contribution in [2.45, 2.75) is 31.8 Å². The normalized spacial score (nSPS) is 16.3. The Morgan fingerprint density at radius 3 is 2.26 bits per heavy atom. The Morgan fingerprint density at radius 2 is 1.59 bits per heavy atom. The molecule has 1 heterocycles. The standard InChI is InChI=1S/C21H23N3O3/c25-19(22-15-17-9-5-2-6-10-17)12-11-18-20(26)24(21(27)23-18)14-13-16-7-3-1-4-8-16/h1-10,18H,11-15H2,(H,22,25)(H,23,27). The van der Waals surface area contributed by atoms with Crippen molar-refractivity contribution in [3.05, 3.63) is 71.8 Å². The van der Waals surface area contributed by atoms with Crippen molar-refractivity contribution >= 4 is 17.8 Å². The Kier molecular flexibility index (Phi) is 6.20. The quantitative estimate of drug-likeness (QED) is 0.704. The molecular formula is C21H23N3O3. The Bertz CT molecular complexity index is 793. The molecule has 0 bridgehead atoms. The summed E-state index contributed by atoms with van der Waals surface area (Å²) in [7, 11) is 0. The maximum Gasteiger partial charge on any atom is 0.324 e. The minimum absolute atomic E-state index is 0.136. The second-order valence-electron chi connectivity index (χ2n) is 6.53. The van der Waals surface area contributed by atoms with E-state index in [-0.39, 0.29) is 24.3 Å². The van der Waals surface area contributed by atoms with Gasteiger partial charge in [-0.15, -0.1) is 0 Å². The molecule has 2 aromatic rings. The summed E-state index contributed by atoms with van der Waals surface area (Å²) in [6.07, 6.45) is 1.10. The number of carbonyl (C=O) groups is 3. The first-order valence-electron chi connectivity index (χ1n) is 9.10. The minimum Gasteiger partial charge on any atom is -0.352 e. The summed E-state index contributed by atoms with van der Waals surface area (Å²) in [5, 5.41) is 5.51. The molecule has 1 fully saturated rings. The van der Waals surface area contributed by atoms with E-state index in [1.54, 1.807) is 0 Å². The predicted molar refractivity (Wildman–Crippen MR) is 102 cm³/mol. The van der Waals surface area contributed by atoms with E-state index in [0.717, 1.165) is 11.1 Å². The summed E-state index contributed by atoms with van der Waals surface area (Å²) in [6.45, 7) is 0.791. The van der Waals surface area contributed by atoms with Crippen LogP contribution in [-0.4, -0.2) is 35.3 Å². The zero-order valence-electron chi connectivity index (χ0n) is 15.1. The van der Waals surface area contributed by atoms with Crippen LogP contribution in [-0.2, 0) is 22.6 Å². The predicted octanol–water partition coefficient (Wildman–Crippen LogP) is 2.25. The molecule has 1 aliphatic heterocycles. The summed E-state index contributed by atoms with van der Waals surface area (Å²) >= 11 is 0. The number of nitrogens with one attached hydrogen (secondary N) is 2. The van der Waals surface area contributed by atoms with Crippen molar-refractivity contribution in [1.29, 1.82) is 0 Å². The minimum atomic E-state index is -0.629. The van der Waals surface area contributed by atoms with Gasteiger partial charge in [0, 0.05) is 19.5 Å². The Hall–Kier alpha value is -3.15. The van der Waals surface area contributed by atoms with Crippen molar-refractivity contribution < 1.29 is 14.4 Å². The highest BCUT2D eigenvalue weighted by Crippen LogP contribution is 2.13. The van der Waals surface area contributed by atoms with Gasteiger partial charge in [0.25, 0.3) is 5.91 Å². The number of hydrogen-bond donors (Lipinski definition) is 2. The number of carbonyl (C=O) groups excluding carboxylic acids is 3. The fraction of sp³-hybridized carbons (Fsp3) is 0.286. The lowest BCUT2D eigenvalue weighted by atomic mass is 10.1. The topological polar surface area (TPSA) is 78.5 Å². The van der Waals surface area contributed by atoms with Crippen LogP contribution in [0.25, 0.3) is 0 Å². The zero-order chi connectivity index (χ0) is 19.1. The van der Waals surface area contributed by atoms with Gasteiger partial charge in [0.2, 0.25) is 5.91 Å². The number of benzene rings is 2. The smallest absolute Gasteiger partial charge is 0.324 e. The first kappa shape index (κ1) is 18.6. The average Bonchev–Trinajstić information content (AvgIpc) is 2.97. The summed E-state index contributed by atoms with van der Waals surface area (Å²) in [4.78, 5) is 37.7. The number of amides is 4. The van der Waals surface area contributed by atoms with Crippen LogP contribution in [0.5, 0.6) is 0 Å². The van der Waals surface area contributed by atoms with Gasteiger partial charge in [-0.3, -0.25) is 14.5 Å². The number of urea groups is 1. The second-order valence-corrected chi connectivity index (χ2v) is 6.53. The van der Waals surface area contributed by atoms with E-state index in [2.05, 4.69) is 10.6 Å². The maximum absolute atomic E-state index is 12.4. The van der Waals surface area contributed by atoms with E-state index in [0.29, 0.717) is 25.9 Å². The van der Waals surface area contributed by atoms with E-state index >= 15 is 0 Å². The largest absolute Gasteiger partial charge is 0.352 e. The first-order chi connectivity index (χ1) is 13.1. The third-order valence-corrected chi connectivity index (χ3v) is 4.57. The van der Waals surface area contributed by atoms with Gasteiger partial charge in [0.05, 0.1) is 0 Å². The first-order valence-corrected chi connectivity index (χ1v) is 9.10. The van der Waals surface area contributed by atoms with Crippen molar-refractivity contribution in [3.8, 4) is 0 Å². The lowest BCUT2D eigenvalue weighted by molar-refractivity contribution is -0.127. The molecule has 0 aliphatic carbocycles. The number of imide groups is 1. The van der Waals surface area contributed by atoms with Gasteiger partial charge in [0.15, 0.2) is 0 Å². The molecule has 0 aromatic heterocycles. The molecule has 0 radical (unpaired) electrons. The van der Waals surface area contributed by atoms with Gasteiger partial charge in [-0.25, -0.2) is 4.79 Å². The molecule has 0 spiro atoms. The summed E-state index contributed by atoms with van der Waals surface area (Å²) in [5.74, 6) is -0.393. The molecule has 1 unspecified atom stereocenters. The van der Waals surface area contributed by atoms with Crippen molar-refractivity contribution in [2.75, 3.05) is 6.54 Å². The Balaban J connectivity index is 1.43. The molecular weight excluding hydrogens is 342 g/mol. The monoisotopic (exact) mass is 365 g/mol. The molecule has 2 N–H and O–H groups in total. The second kappa shape index (κ2) is 8.98. The summed E-state index contributed by atoms with van der Waals surface area (Å²) in [5.41, 5.74) is 2.09. The molecule has 2 aromatic carbocycles. The maximum atomic E-state index is 12.4. The van der Waals surface area contributed by atoms with E-state index in [1.807, 2.05) is 60.7 Å². The van der Waals surface area contributed by atoms with Gasteiger partial charge in [-0.05, 0) is 24.0 Å². The highest BCUT2D eigenvalue weighted by molar-refractivity contribution is 6.04. The van der Waals surface area contributed by atoms with Crippen LogP contribution >= 0.6 is 0 Å². The van der Waals surface area contributed by atoms with Gasteiger partial charge in [-0.2, -0.15) is 0 Å². The molecule has 1 atom stereocenters. The van der Waals surface area contributed by atoms with Crippen LogP contribution in [0, 0.1) is 0 Å². The van der Waals surface area contributed by atoms with Crippen molar-refractivity contribution in [3.63, 3.8) is 0 Å². The van der Waals surface area contributed by atoms with Crippen LogP contribution in [0.2, 0.25) is 0 Å². The number of rotatable bonds is 8. The van der Waals surface area contributed by atoms with Gasteiger partial charge in [-0.1, -0.05) is 60.7 Å². The molecule has 3 rings (SSSR count). The molecule has 6 nitrogen and oxygen atoms in total. The molecule has 6 heteroatoms. The van der Waals surface area contributed by atoms with Crippen LogP contribution < -0.4 is 10.6 Å². The highest BCUT2D eigenvalue weighted by atomic mass is 16.2. The molecule has 140 valence electrons. The van der Waals surface area contributed by atoms with Gasteiger partial charge >= 0.3 is 6.03 Å². The average molecular weight is 365 g/mol. The van der Waals surface area contributed by atoms with Crippen LogP contribution in [0.4, 0.5) is 4.79 Å². The number of hydrogen-bond acceptors (Lipinski definition) is 3. The molecule has 1 aliphatic rings. The molecule has 4 amide bonds. The van der Waals surface area contributed by atoms with E-state index in [4.69, 9.17) is 0 Å². The summed E-state index contributed by atoms with van der Waals surface area (Å²) < 4.78 is 0. The zero-order valence-corrected chi connectivity index (χ0v) is 15.1.